The Morgan fingerprint density at radius 3 is 2.64 bits per heavy atom. The van der Waals surface area contributed by atoms with Gasteiger partial charge >= 0.3 is 7.12 Å². The summed E-state index contributed by atoms with van der Waals surface area (Å²) in [5.74, 6) is 0. The number of thiol groups is 1. The van der Waals surface area contributed by atoms with Crippen LogP contribution in [-0.4, -0.2) is 17.2 Å². The molecule has 3 nitrogen and oxygen atoms in total. The Labute approximate surface area is 90.7 Å². The van der Waals surface area contributed by atoms with Gasteiger partial charge in [-0.2, -0.15) is 0 Å². The zero-order valence-corrected chi connectivity index (χ0v) is 8.85. The Hall–Kier alpha value is -0.685. The first-order valence-electron chi connectivity index (χ1n) is 3.96. The minimum absolute atomic E-state index is 0.501. The van der Waals surface area contributed by atoms with Gasteiger partial charge in [0.25, 0.3) is 0 Å². The number of rotatable bonds is 1. The largest absolute Gasteiger partial charge is 0.499 e. The van der Waals surface area contributed by atoms with Crippen molar-refractivity contribution in [3.63, 3.8) is 0 Å². The number of anilines is 1. The molecular formula is C8H8BNO2S2. The maximum atomic E-state index is 8.99. The predicted molar refractivity (Wildman–Crippen MR) is 63.3 cm³/mol. The SMILES string of the molecule is Nc1cc(S)c2cc(B(O)O)sc2c1. The molecule has 72 valence electrons. The van der Waals surface area contributed by atoms with Crippen LogP contribution in [0.3, 0.4) is 0 Å². The smallest absolute Gasteiger partial charge is 0.423 e. The van der Waals surface area contributed by atoms with Gasteiger partial charge in [-0.15, -0.1) is 24.0 Å². The Kier molecular flexibility index (Phi) is 2.44. The molecule has 0 saturated heterocycles. The summed E-state index contributed by atoms with van der Waals surface area (Å²) in [6.45, 7) is 0. The number of hydrogen-bond acceptors (Lipinski definition) is 5. The third-order valence-electron chi connectivity index (χ3n) is 1.91. The molecule has 0 fully saturated rings. The number of fused-ring (bicyclic) bond motifs is 1. The molecule has 4 N–H and O–H groups in total. The van der Waals surface area contributed by atoms with Crippen molar-refractivity contribution in [2.75, 3.05) is 5.73 Å². The van der Waals surface area contributed by atoms with Crippen molar-refractivity contribution in [1.82, 2.24) is 0 Å². The first kappa shape index (κ1) is 9.85. The topological polar surface area (TPSA) is 66.5 Å². The lowest BCUT2D eigenvalue weighted by Crippen LogP contribution is -2.26. The molecule has 0 saturated carbocycles. The number of nitrogens with two attached hydrogens (primary N) is 1. The number of benzene rings is 1. The average molecular weight is 225 g/mol. The van der Waals surface area contributed by atoms with Crippen molar-refractivity contribution in [2.24, 2.45) is 0 Å². The molecule has 0 aliphatic rings. The van der Waals surface area contributed by atoms with Crippen LogP contribution in [0.5, 0.6) is 0 Å². The zero-order chi connectivity index (χ0) is 10.3. The van der Waals surface area contributed by atoms with Crippen LogP contribution in [0.15, 0.2) is 23.1 Å². The van der Waals surface area contributed by atoms with E-state index in [2.05, 4.69) is 12.6 Å². The van der Waals surface area contributed by atoms with Gasteiger partial charge in [0.2, 0.25) is 0 Å². The third kappa shape index (κ3) is 1.61. The molecule has 2 aromatic rings. The highest BCUT2D eigenvalue weighted by molar-refractivity contribution is 7.80. The van der Waals surface area contributed by atoms with Crippen molar-refractivity contribution >= 4 is 51.6 Å². The van der Waals surface area contributed by atoms with E-state index in [1.54, 1.807) is 18.2 Å². The molecule has 14 heavy (non-hydrogen) atoms. The summed E-state index contributed by atoms with van der Waals surface area (Å²) >= 11 is 5.57. The van der Waals surface area contributed by atoms with E-state index in [4.69, 9.17) is 15.8 Å². The summed E-state index contributed by atoms with van der Waals surface area (Å²) in [7, 11) is -1.43. The van der Waals surface area contributed by atoms with Gasteiger partial charge in [-0.3, -0.25) is 0 Å². The van der Waals surface area contributed by atoms with Gasteiger partial charge in [-0.1, -0.05) is 0 Å². The first-order chi connectivity index (χ1) is 6.58. The zero-order valence-electron chi connectivity index (χ0n) is 7.14. The minimum Gasteiger partial charge on any atom is -0.423 e. The second-order valence-corrected chi connectivity index (χ2v) is 4.57. The lowest BCUT2D eigenvalue weighted by atomic mass is 9.89. The monoisotopic (exact) mass is 225 g/mol. The van der Waals surface area contributed by atoms with Crippen LogP contribution in [0.2, 0.25) is 0 Å². The fourth-order valence-electron chi connectivity index (χ4n) is 1.29. The van der Waals surface area contributed by atoms with Crippen LogP contribution in [0.1, 0.15) is 0 Å². The van der Waals surface area contributed by atoms with Gasteiger partial charge in [0.15, 0.2) is 0 Å². The van der Waals surface area contributed by atoms with Gasteiger partial charge in [-0.25, -0.2) is 0 Å². The second-order valence-electron chi connectivity index (χ2n) is 2.97. The molecule has 0 aliphatic carbocycles. The van der Waals surface area contributed by atoms with Crippen LogP contribution in [0.25, 0.3) is 10.1 Å². The standard InChI is InChI=1S/C8H8BNO2S2/c10-4-1-6(13)5-3-8(9(11)12)14-7(5)2-4/h1-3,11-13H,10H2. The molecule has 1 heterocycles. The summed E-state index contributed by atoms with van der Waals surface area (Å²) < 4.78 is 1.42. The highest BCUT2D eigenvalue weighted by Gasteiger charge is 2.15. The Morgan fingerprint density at radius 2 is 2.00 bits per heavy atom. The van der Waals surface area contributed by atoms with Gasteiger partial charge in [0, 0.05) is 25.4 Å². The van der Waals surface area contributed by atoms with E-state index in [-0.39, 0.29) is 0 Å². The molecule has 0 amide bonds. The Bertz CT molecular complexity index is 483. The van der Waals surface area contributed by atoms with Gasteiger partial charge in [0.05, 0.1) is 0 Å². The summed E-state index contributed by atoms with van der Waals surface area (Å²) in [5, 5.41) is 18.9. The van der Waals surface area contributed by atoms with Crippen molar-refractivity contribution in [1.29, 1.82) is 0 Å². The van der Waals surface area contributed by atoms with Crippen LogP contribution >= 0.6 is 24.0 Å². The first-order valence-corrected chi connectivity index (χ1v) is 5.22. The molecule has 2 rings (SSSR count). The summed E-state index contributed by atoms with van der Waals surface area (Å²) in [4.78, 5) is 0.753. The molecule has 1 aromatic carbocycles. The number of hydrogen-bond donors (Lipinski definition) is 4. The van der Waals surface area contributed by atoms with E-state index in [1.807, 2.05) is 0 Å². The van der Waals surface area contributed by atoms with E-state index < -0.39 is 7.12 Å². The minimum atomic E-state index is -1.43. The molecule has 0 radical (unpaired) electrons. The molecule has 0 aliphatic heterocycles. The highest BCUT2D eigenvalue weighted by Crippen LogP contribution is 2.28. The summed E-state index contributed by atoms with van der Waals surface area (Å²) in [6.07, 6.45) is 0. The van der Waals surface area contributed by atoms with Gasteiger partial charge in [0.1, 0.15) is 0 Å². The van der Waals surface area contributed by atoms with Crippen molar-refractivity contribution in [3.8, 4) is 0 Å². The summed E-state index contributed by atoms with van der Waals surface area (Å²) in [5.41, 5.74) is 6.27. The fourth-order valence-corrected chi connectivity index (χ4v) is 2.71. The molecule has 0 unspecified atom stereocenters. The Morgan fingerprint density at radius 1 is 1.29 bits per heavy atom. The molecule has 0 spiro atoms. The predicted octanol–water partition coefficient (Wildman–Crippen LogP) is 0.452. The molecule has 0 atom stereocenters. The van der Waals surface area contributed by atoms with Crippen LogP contribution < -0.4 is 10.5 Å². The van der Waals surface area contributed by atoms with Gasteiger partial charge < -0.3 is 15.8 Å². The molecular weight excluding hydrogens is 217 g/mol. The second kappa shape index (κ2) is 3.47. The van der Waals surface area contributed by atoms with Crippen molar-refractivity contribution < 1.29 is 10.0 Å². The average Bonchev–Trinajstić information content (AvgIpc) is 2.47. The van der Waals surface area contributed by atoms with Crippen molar-refractivity contribution in [3.05, 3.63) is 18.2 Å². The third-order valence-corrected chi connectivity index (χ3v) is 3.40. The van der Waals surface area contributed by atoms with E-state index in [9.17, 15) is 0 Å². The van der Waals surface area contributed by atoms with E-state index in [0.717, 1.165) is 15.0 Å². The van der Waals surface area contributed by atoms with Crippen LogP contribution in [0, 0.1) is 0 Å². The van der Waals surface area contributed by atoms with E-state index in [0.29, 0.717) is 10.5 Å². The fraction of sp³-hybridized carbons (Fsp3) is 0. The maximum absolute atomic E-state index is 8.99. The lowest BCUT2D eigenvalue weighted by molar-refractivity contribution is 0.427. The number of nitrogen functional groups attached to an aromatic ring is 1. The molecule has 1 aromatic heterocycles. The Balaban J connectivity index is 2.70. The van der Waals surface area contributed by atoms with E-state index >= 15 is 0 Å². The number of thiophene rings is 1. The molecule has 6 heteroatoms. The van der Waals surface area contributed by atoms with Crippen molar-refractivity contribution in [2.45, 2.75) is 4.90 Å². The highest BCUT2D eigenvalue weighted by atomic mass is 32.1. The van der Waals surface area contributed by atoms with Gasteiger partial charge in [-0.05, 0) is 18.2 Å². The molecule has 0 bridgehead atoms. The van der Waals surface area contributed by atoms with Crippen LogP contribution in [0.4, 0.5) is 5.69 Å². The van der Waals surface area contributed by atoms with Crippen LogP contribution in [-0.2, 0) is 0 Å². The van der Waals surface area contributed by atoms with E-state index in [1.165, 1.54) is 11.3 Å². The normalized spacial score (nSPS) is 10.8. The lowest BCUT2D eigenvalue weighted by Gasteiger charge is -1.96. The quantitative estimate of drug-likeness (QED) is 0.323. The maximum Gasteiger partial charge on any atom is 0.499 e. The summed E-state index contributed by atoms with van der Waals surface area (Å²) in [6, 6.07) is 5.25.